The van der Waals surface area contributed by atoms with Crippen LogP contribution in [-0.2, 0) is 19.4 Å². The van der Waals surface area contributed by atoms with Crippen molar-refractivity contribution in [1.82, 2.24) is 4.31 Å². The molecule has 1 fully saturated rings. The van der Waals surface area contributed by atoms with Crippen molar-refractivity contribution in [3.05, 3.63) is 0 Å². The SMILES string of the molecule is CC1(C)CCCC(C)(C)N1S(=O)(=O)C(F)(F)SOOO. The number of hydrogen-bond acceptors (Lipinski definition) is 6. The number of alkyl halides is 2. The second kappa shape index (κ2) is 5.65. The number of sulfonamides is 1. The first-order chi connectivity index (χ1) is 8.88. The maximum absolute atomic E-state index is 13.9. The van der Waals surface area contributed by atoms with Gasteiger partial charge in [0.1, 0.15) is 12.0 Å². The molecule has 0 saturated carbocycles. The molecule has 0 aliphatic carbocycles. The van der Waals surface area contributed by atoms with Gasteiger partial charge in [0.05, 0.1) is 0 Å². The number of rotatable bonds is 5. The molecular formula is C10H19F2NO5S2. The molecule has 0 bridgehead atoms. The lowest BCUT2D eigenvalue weighted by atomic mass is 9.83. The summed E-state index contributed by atoms with van der Waals surface area (Å²) in [5.41, 5.74) is -1.88. The van der Waals surface area contributed by atoms with Crippen LogP contribution in [0.4, 0.5) is 8.78 Å². The summed E-state index contributed by atoms with van der Waals surface area (Å²) in [7, 11) is -5.00. The van der Waals surface area contributed by atoms with Gasteiger partial charge in [0, 0.05) is 11.1 Å². The fraction of sp³-hybridized carbons (Fsp3) is 1.00. The molecule has 120 valence electrons. The Balaban J connectivity index is 3.23. The van der Waals surface area contributed by atoms with Gasteiger partial charge in [0.15, 0.2) is 0 Å². The van der Waals surface area contributed by atoms with E-state index in [-0.39, 0.29) is 0 Å². The largest absolute Gasteiger partial charge is 0.433 e. The molecule has 10 heteroatoms. The van der Waals surface area contributed by atoms with E-state index in [4.69, 9.17) is 5.26 Å². The van der Waals surface area contributed by atoms with Crippen LogP contribution in [0.15, 0.2) is 0 Å². The van der Waals surface area contributed by atoms with Crippen molar-refractivity contribution in [3.63, 3.8) is 0 Å². The molecule has 6 nitrogen and oxygen atoms in total. The Morgan fingerprint density at radius 2 is 1.65 bits per heavy atom. The van der Waals surface area contributed by atoms with E-state index in [1.54, 1.807) is 27.7 Å². The lowest BCUT2D eigenvalue weighted by molar-refractivity contribution is -0.433. The molecule has 1 aliphatic heterocycles. The molecule has 20 heavy (non-hydrogen) atoms. The Hall–Kier alpha value is -0.0000000000000000694. The van der Waals surface area contributed by atoms with Crippen molar-refractivity contribution >= 4 is 22.1 Å². The van der Waals surface area contributed by atoms with E-state index in [0.29, 0.717) is 12.8 Å². The van der Waals surface area contributed by atoms with E-state index < -0.39 is 37.7 Å². The number of hydrogen-bond donors (Lipinski definition) is 1. The normalized spacial score (nSPS) is 23.8. The van der Waals surface area contributed by atoms with Gasteiger partial charge in [-0.15, -0.1) is 4.33 Å². The molecular weight excluding hydrogens is 316 g/mol. The van der Waals surface area contributed by atoms with Crippen molar-refractivity contribution in [2.24, 2.45) is 0 Å². The van der Waals surface area contributed by atoms with Crippen molar-refractivity contribution in [2.75, 3.05) is 0 Å². The van der Waals surface area contributed by atoms with E-state index in [2.05, 4.69) is 9.37 Å². The molecule has 0 radical (unpaired) electrons. The molecule has 0 amide bonds. The van der Waals surface area contributed by atoms with Gasteiger partial charge in [0.25, 0.3) is 10.0 Å². The van der Waals surface area contributed by atoms with Gasteiger partial charge in [-0.3, -0.25) is 0 Å². The highest BCUT2D eigenvalue weighted by Gasteiger charge is 2.59. The molecule has 0 atom stereocenters. The molecule has 1 aliphatic rings. The van der Waals surface area contributed by atoms with Gasteiger partial charge in [0.2, 0.25) is 0 Å². The van der Waals surface area contributed by atoms with Crippen LogP contribution in [0.3, 0.4) is 0 Å². The zero-order valence-corrected chi connectivity index (χ0v) is 13.4. The summed E-state index contributed by atoms with van der Waals surface area (Å²) < 4.78 is 52.5. The Bertz CT molecular complexity index is 437. The lowest BCUT2D eigenvalue weighted by Gasteiger charge is -2.51. The van der Waals surface area contributed by atoms with Crippen LogP contribution >= 0.6 is 12.0 Å². The van der Waals surface area contributed by atoms with Gasteiger partial charge in [-0.1, -0.05) is 5.04 Å². The second-order valence-electron chi connectivity index (χ2n) is 5.94. The molecule has 0 aromatic carbocycles. The predicted molar refractivity (Wildman–Crippen MR) is 70.1 cm³/mol. The van der Waals surface area contributed by atoms with E-state index in [0.717, 1.165) is 10.7 Å². The molecule has 1 rings (SSSR count). The van der Waals surface area contributed by atoms with Crippen LogP contribution in [0.1, 0.15) is 47.0 Å². The predicted octanol–water partition coefficient (Wildman–Crippen LogP) is 2.98. The molecule has 0 unspecified atom stereocenters. The Kier molecular flexibility index (Phi) is 5.10. The molecule has 0 aromatic rings. The summed E-state index contributed by atoms with van der Waals surface area (Å²) in [4.78, 5) is 0. The van der Waals surface area contributed by atoms with Crippen LogP contribution < -0.4 is 0 Å². The molecule has 1 saturated heterocycles. The number of nitrogens with zero attached hydrogens (tertiary/aromatic N) is 1. The summed E-state index contributed by atoms with van der Waals surface area (Å²) in [6, 6.07) is 0. The van der Waals surface area contributed by atoms with E-state index in [9.17, 15) is 17.2 Å². The average Bonchev–Trinajstić information content (AvgIpc) is 2.22. The topological polar surface area (TPSA) is 76.1 Å². The summed E-state index contributed by atoms with van der Waals surface area (Å²) in [6.45, 7) is 6.43. The minimum Gasteiger partial charge on any atom is -0.220 e. The van der Waals surface area contributed by atoms with E-state index in [1.165, 1.54) is 0 Å². The Morgan fingerprint density at radius 3 is 2.05 bits per heavy atom. The third kappa shape index (κ3) is 3.25. The van der Waals surface area contributed by atoms with Crippen molar-refractivity contribution in [1.29, 1.82) is 0 Å². The zero-order valence-electron chi connectivity index (χ0n) is 11.7. The van der Waals surface area contributed by atoms with E-state index >= 15 is 0 Å². The minimum absolute atomic E-state index is 0.480. The first kappa shape index (κ1) is 18.1. The average molecular weight is 335 g/mol. The third-order valence-electron chi connectivity index (χ3n) is 3.38. The maximum atomic E-state index is 13.9. The highest BCUT2D eigenvalue weighted by atomic mass is 32.3. The van der Waals surface area contributed by atoms with E-state index in [1.807, 2.05) is 0 Å². The second-order valence-corrected chi connectivity index (χ2v) is 8.84. The summed E-state index contributed by atoms with van der Waals surface area (Å²) in [6.07, 6.45) is 1.71. The first-order valence-electron chi connectivity index (χ1n) is 5.97. The van der Waals surface area contributed by atoms with Crippen molar-refractivity contribution in [2.45, 2.75) is 62.6 Å². The van der Waals surface area contributed by atoms with Gasteiger partial charge >= 0.3 is 4.59 Å². The van der Waals surface area contributed by atoms with Crippen LogP contribution in [0.2, 0.25) is 0 Å². The number of halogens is 2. The summed E-state index contributed by atoms with van der Waals surface area (Å²) in [5.74, 6) is 0. The number of piperidine rings is 1. The highest BCUT2D eigenvalue weighted by molar-refractivity contribution is 8.10. The monoisotopic (exact) mass is 335 g/mol. The van der Waals surface area contributed by atoms with Gasteiger partial charge < -0.3 is 0 Å². The van der Waals surface area contributed by atoms with Crippen molar-refractivity contribution < 1.29 is 31.8 Å². The third-order valence-corrected chi connectivity index (χ3v) is 6.61. The van der Waals surface area contributed by atoms with Crippen LogP contribution in [0, 0.1) is 0 Å². The first-order valence-corrected chi connectivity index (χ1v) is 8.15. The van der Waals surface area contributed by atoms with Gasteiger partial charge in [-0.2, -0.15) is 13.1 Å². The van der Waals surface area contributed by atoms with Gasteiger partial charge in [-0.05, 0) is 47.0 Å². The fourth-order valence-corrected chi connectivity index (χ4v) is 5.29. The zero-order chi connectivity index (χ0) is 15.8. The quantitative estimate of drug-likeness (QED) is 0.473. The minimum atomic E-state index is -5.00. The Morgan fingerprint density at radius 1 is 1.20 bits per heavy atom. The summed E-state index contributed by atoms with van der Waals surface area (Å²) >= 11 is -0.754. The molecule has 0 spiro atoms. The fourth-order valence-electron chi connectivity index (χ4n) is 2.83. The standard InChI is InChI=1S/C10H19F2NO5S2/c1-8(2)6-5-7-9(3,4)13(8)20(15,16)10(11,12)19-18-17-14/h14H,5-7H2,1-4H3. The van der Waals surface area contributed by atoms with Gasteiger partial charge in [-0.25, -0.2) is 13.7 Å². The maximum Gasteiger partial charge on any atom is 0.433 e. The van der Waals surface area contributed by atoms with Crippen LogP contribution in [0.5, 0.6) is 0 Å². The van der Waals surface area contributed by atoms with Crippen LogP contribution in [-0.4, -0.2) is 33.6 Å². The Labute approximate surface area is 121 Å². The molecule has 0 aromatic heterocycles. The molecule has 1 N–H and O–H groups in total. The van der Waals surface area contributed by atoms with Crippen molar-refractivity contribution in [3.8, 4) is 0 Å². The van der Waals surface area contributed by atoms with Crippen LogP contribution in [0.25, 0.3) is 0 Å². The smallest absolute Gasteiger partial charge is 0.220 e. The summed E-state index contributed by atoms with van der Waals surface area (Å²) in [5, 5.41) is 11.0. The lowest BCUT2D eigenvalue weighted by Crippen LogP contribution is -2.63. The highest BCUT2D eigenvalue weighted by Crippen LogP contribution is 2.47. The molecule has 1 heterocycles.